The Labute approximate surface area is 97.9 Å². The highest BCUT2D eigenvalue weighted by Crippen LogP contribution is 2.16. The van der Waals surface area contributed by atoms with Crippen molar-refractivity contribution < 1.29 is 15.0 Å². The van der Waals surface area contributed by atoms with Gasteiger partial charge < -0.3 is 10.2 Å². The van der Waals surface area contributed by atoms with Gasteiger partial charge in [0.2, 0.25) is 0 Å². The molecule has 2 N–H and O–H groups in total. The number of carboxylic acid groups (broad SMARTS) is 1. The van der Waals surface area contributed by atoms with Crippen molar-refractivity contribution in [3.8, 4) is 0 Å². The van der Waals surface area contributed by atoms with E-state index in [9.17, 15) is 4.79 Å². The molecule has 1 unspecified atom stereocenters. The van der Waals surface area contributed by atoms with Crippen LogP contribution in [0.3, 0.4) is 0 Å². The van der Waals surface area contributed by atoms with E-state index in [1.165, 1.54) is 12.5 Å². The molecule has 0 saturated heterocycles. The molecule has 0 aliphatic carbocycles. The molecule has 1 atom stereocenters. The summed E-state index contributed by atoms with van der Waals surface area (Å²) in [5, 5.41) is 17.7. The summed E-state index contributed by atoms with van der Waals surface area (Å²) < 4.78 is 0. The number of aromatic nitrogens is 2. The fourth-order valence-corrected chi connectivity index (χ4v) is 2.11. The molecule has 0 aliphatic heterocycles. The van der Waals surface area contributed by atoms with E-state index < -0.39 is 5.97 Å². The predicted octanol–water partition coefficient (Wildman–Crippen LogP) is 1.04. The largest absolute Gasteiger partial charge is 0.478 e. The number of nitrogens with zero attached hydrogens (tertiary/aromatic N) is 2. The number of aromatic carboxylic acids is 1. The molecular weight excluding hydrogens is 228 g/mol. The lowest BCUT2D eigenvalue weighted by Crippen LogP contribution is -2.07. The van der Waals surface area contributed by atoms with Gasteiger partial charge in [-0.2, -0.15) is 11.8 Å². The summed E-state index contributed by atoms with van der Waals surface area (Å²) in [5.41, 5.74) is 0.671. The molecule has 0 amide bonds. The van der Waals surface area contributed by atoms with Gasteiger partial charge in [0.1, 0.15) is 11.9 Å². The molecule has 1 heterocycles. The third-order valence-corrected chi connectivity index (χ3v) is 3.26. The van der Waals surface area contributed by atoms with Gasteiger partial charge in [-0.25, -0.2) is 14.8 Å². The van der Waals surface area contributed by atoms with Gasteiger partial charge >= 0.3 is 5.97 Å². The van der Waals surface area contributed by atoms with E-state index in [1.54, 1.807) is 11.8 Å². The smallest absolute Gasteiger partial charge is 0.339 e. The van der Waals surface area contributed by atoms with Crippen LogP contribution in [-0.4, -0.2) is 38.5 Å². The maximum atomic E-state index is 10.8. The molecule has 1 aromatic rings. The van der Waals surface area contributed by atoms with Crippen molar-refractivity contribution >= 4 is 17.7 Å². The lowest BCUT2D eigenvalue weighted by Gasteiger charge is -2.07. The van der Waals surface area contributed by atoms with Crippen LogP contribution in [0.4, 0.5) is 0 Å². The second-order valence-electron chi connectivity index (χ2n) is 3.49. The molecule has 0 spiro atoms. The molecule has 1 aromatic heterocycles. The molecule has 0 fully saturated rings. The molecule has 88 valence electrons. The Hall–Kier alpha value is -1.14. The van der Waals surface area contributed by atoms with Gasteiger partial charge in [-0.1, -0.05) is 6.92 Å². The minimum atomic E-state index is -1.01. The average Bonchev–Trinajstić information content (AvgIpc) is 2.29. The van der Waals surface area contributed by atoms with E-state index in [2.05, 4.69) is 9.97 Å². The summed E-state index contributed by atoms with van der Waals surface area (Å²) in [6.07, 6.45) is 2.65. The number of aliphatic hydroxyl groups is 1. The Morgan fingerprint density at radius 1 is 1.62 bits per heavy atom. The van der Waals surface area contributed by atoms with Crippen LogP contribution < -0.4 is 0 Å². The zero-order valence-electron chi connectivity index (χ0n) is 8.96. The first-order valence-electron chi connectivity index (χ1n) is 4.86. The maximum Gasteiger partial charge on any atom is 0.339 e. The molecule has 16 heavy (non-hydrogen) atoms. The SMILES string of the molecule is CC(CO)CSCc1ncncc1C(=O)O. The summed E-state index contributed by atoms with van der Waals surface area (Å²) in [6, 6.07) is 0. The highest BCUT2D eigenvalue weighted by molar-refractivity contribution is 7.98. The monoisotopic (exact) mass is 242 g/mol. The minimum Gasteiger partial charge on any atom is -0.478 e. The van der Waals surface area contributed by atoms with Crippen molar-refractivity contribution in [2.75, 3.05) is 12.4 Å². The van der Waals surface area contributed by atoms with Crippen LogP contribution in [0.5, 0.6) is 0 Å². The molecule has 0 aliphatic rings. The van der Waals surface area contributed by atoms with E-state index in [-0.39, 0.29) is 18.1 Å². The van der Waals surface area contributed by atoms with Crippen LogP contribution in [0.2, 0.25) is 0 Å². The van der Waals surface area contributed by atoms with Crippen LogP contribution >= 0.6 is 11.8 Å². The van der Waals surface area contributed by atoms with Crippen LogP contribution in [0.15, 0.2) is 12.5 Å². The van der Waals surface area contributed by atoms with Crippen molar-refractivity contribution in [3.05, 3.63) is 23.8 Å². The Morgan fingerprint density at radius 2 is 2.38 bits per heavy atom. The molecular formula is C10H14N2O3S. The van der Waals surface area contributed by atoms with Gasteiger partial charge in [0.15, 0.2) is 0 Å². The fourth-order valence-electron chi connectivity index (χ4n) is 1.06. The molecule has 0 aromatic carbocycles. The second-order valence-corrected chi connectivity index (χ2v) is 4.52. The van der Waals surface area contributed by atoms with E-state index in [4.69, 9.17) is 10.2 Å². The Bertz CT molecular complexity index is 360. The number of thioether (sulfide) groups is 1. The van der Waals surface area contributed by atoms with Gasteiger partial charge in [0.25, 0.3) is 0 Å². The van der Waals surface area contributed by atoms with Crippen LogP contribution in [-0.2, 0) is 5.75 Å². The normalized spacial score (nSPS) is 12.4. The van der Waals surface area contributed by atoms with Crippen molar-refractivity contribution in [1.82, 2.24) is 9.97 Å². The van der Waals surface area contributed by atoms with E-state index >= 15 is 0 Å². The third kappa shape index (κ3) is 3.79. The topological polar surface area (TPSA) is 83.3 Å². The van der Waals surface area contributed by atoms with E-state index in [0.29, 0.717) is 11.4 Å². The Morgan fingerprint density at radius 3 is 3.00 bits per heavy atom. The Balaban J connectivity index is 2.56. The van der Waals surface area contributed by atoms with E-state index in [1.807, 2.05) is 6.92 Å². The predicted molar refractivity (Wildman–Crippen MR) is 61.4 cm³/mol. The lowest BCUT2D eigenvalue weighted by molar-refractivity contribution is 0.0695. The fraction of sp³-hybridized carbons (Fsp3) is 0.500. The first-order valence-corrected chi connectivity index (χ1v) is 6.01. The van der Waals surface area contributed by atoms with E-state index in [0.717, 1.165) is 5.75 Å². The molecule has 0 radical (unpaired) electrons. The summed E-state index contributed by atoms with van der Waals surface area (Å²) in [4.78, 5) is 18.5. The second kappa shape index (κ2) is 6.44. The number of rotatable bonds is 6. The first-order chi connectivity index (χ1) is 7.65. The molecule has 1 rings (SSSR count). The summed E-state index contributed by atoms with van der Waals surface area (Å²) in [5.74, 6) is 0.500. The van der Waals surface area contributed by atoms with Crippen LogP contribution in [0.25, 0.3) is 0 Å². The van der Waals surface area contributed by atoms with Gasteiger partial charge in [-0.05, 0) is 11.7 Å². The van der Waals surface area contributed by atoms with Crippen molar-refractivity contribution in [2.45, 2.75) is 12.7 Å². The number of hydrogen-bond acceptors (Lipinski definition) is 5. The molecule has 0 saturated carbocycles. The molecule has 6 heteroatoms. The van der Waals surface area contributed by atoms with Gasteiger partial charge in [-0.15, -0.1) is 0 Å². The number of hydrogen-bond donors (Lipinski definition) is 2. The van der Waals surface area contributed by atoms with Crippen molar-refractivity contribution in [1.29, 1.82) is 0 Å². The zero-order chi connectivity index (χ0) is 12.0. The Kier molecular flexibility index (Phi) is 5.21. The minimum absolute atomic E-state index is 0.141. The number of aliphatic hydroxyl groups excluding tert-OH is 1. The van der Waals surface area contributed by atoms with Gasteiger partial charge in [0, 0.05) is 18.6 Å². The van der Waals surface area contributed by atoms with Crippen molar-refractivity contribution in [3.63, 3.8) is 0 Å². The summed E-state index contributed by atoms with van der Waals surface area (Å²) >= 11 is 1.56. The number of carboxylic acids is 1. The zero-order valence-corrected chi connectivity index (χ0v) is 9.78. The summed E-state index contributed by atoms with van der Waals surface area (Å²) in [7, 11) is 0. The lowest BCUT2D eigenvalue weighted by atomic mass is 10.2. The standard InChI is InChI=1S/C10H14N2O3S/c1-7(3-13)4-16-5-9-8(10(14)15)2-11-6-12-9/h2,6-7,13H,3-5H2,1H3,(H,14,15). The van der Waals surface area contributed by atoms with Crippen molar-refractivity contribution in [2.24, 2.45) is 5.92 Å². The van der Waals surface area contributed by atoms with Crippen LogP contribution in [0, 0.1) is 5.92 Å². The molecule has 0 bridgehead atoms. The first kappa shape index (κ1) is 12.9. The summed E-state index contributed by atoms with van der Waals surface area (Å²) in [6.45, 7) is 2.08. The third-order valence-electron chi connectivity index (χ3n) is 1.98. The highest BCUT2D eigenvalue weighted by atomic mass is 32.2. The maximum absolute atomic E-state index is 10.8. The van der Waals surface area contributed by atoms with Gasteiger partial charge in [0.05, 0.1) is 5.69 Å². The number of carbonyl (C=O) groups is 1. The van der Waals surface area contributed by atoms with Gasteiger partial charge in [-0.3, -0.25) is 0 Å². The highest BCUT2D eigenvalue weighted by Gasteiger charge is 2.11. The average molecular weight is 242 g/mol. The molecule has 5 nitrogen and oxygen atoms in total. The quantitative estimate of drug-likeness (QED) is 0.775. The van der Waals surface area contributed by atoms with Crippen LogP contribution in [0.1, 0.15) is 23.0 Å².